The number of esters is 1. The largest absolute Gasteiger partial charge is 0.459 e. The number of hydrogen-bond donors (Lipinski definition) is 1. The number of amides is 1. The molecule has 3 fully saturated rings. The highest BCUT2D eigenvalue weighted by atomic mass is 16.6. The van der Waals surface area contributed by atoms with Gasteiger partial charge in [-0.3, -0.25) is 9.59 Å². The molecule has 3 aliphatic rings. The molecular formula is C27H41NO5. The summed E-state index contributed by atoms with van der Waals surface area (Å²) >= 11 is 0. The van der Waals surface area contributed by atoms with E-state index in [1.165, 1.54) is 18.6 Å². The second-order valence-corrected chi connectivity index (χ2v) is 10.7. The van der Waals surface area contributed by atoms with Crippen molar-refractivity contribution in [2.45, 2.75) is 109 Å². The highest BCUT2D eigenvalue weighted by Crippen LogP contribution is 2.46. The molecule has 3 atom stereocenters. The maximum absolute atomic E-state index is 12.1. The number of rotatable bonds is 8. The van der Waals surface area contributed by atoms with E-state index in [0.29, 0.717) is 5.92 Å². The highest BCUT2D eigenvalue weighted by Gasteiger charge is 2.53. The first-order valence-electron chi connectivity index (χ1n) is 12.4. The van der Waals surface area contributed by atoms with E-state index in [2.05, 4.69) is 44.3 Å². The molecule has 1 unspecified atom stereocenters. The van der Waals surface area contributed by atoms with Crippen molar-refractivity contribution in [2.24, 2.45) is 5.92 Å². The van der Waals surface area contributed by atoms with Crippen LogP contribution in [0, 0.1) is 5.92 Å². The van der Waals surface area contributed by atoms with E-state index < -0.39 is 6.10 Å². The van der Waals surface area contributed by atoms with Gasteiger partial charge in [-0.25, -0.2) is 0 Å². The fourth-order valence-electron chi connectivity index (χ4n) is 5.13. The van der Waals surface area contributed by atoms with Gasteiger partial charge in [0.2, 0.25) is 5.91 Å². The van der Waals surface area contributed by atoms with Crippen molar-refractivity contribution < 1.29 is 23.8 Å². The third kappa shape index (κ3) is 8.74. The van der Waals surface area contributed by atoms with Crippen molar-refractivity contribution >= 4 is 11.9 Å². The van der Waals surface area contributed by atoms with Crippen LogP contribution in [0.1, 0.15) is 79.6 Å². The molecule has 3 rings (SSSR count). The molecule has 1 spiro atoms. The maximum Gasteiger partial charge on any atom is 0.303 e. The van der Waals surface area contributed by atoms with E-state index in [0.717, 1.165) is 51.6 Å². The summed E-state index contributed by atoms with van der Waals surface area (Å²) in [6, 6.07) is 0.219. The summed E-state index contributed by atoms with van der Waals surface area (Å²) in [5.41, 5.74) is 1.19. The van der Waals surface area contributed by atoms with Crippen LogP contribution in [0.2, 0.25) is 0 Å². The molecule has 0 aromatic heterocycles. The van der Waals surface area contributed by atoms with Gasteiger partial charge in [-0.2, -0.15) is 0 Å². The van der Waals surface area contributed by atoms with Gasteiger partial charge in [-0.15, -0.1) is 0 Å². The molecule has 2 heterocycles. The highest BCUT2D eigenvalue weighted by molar-refractivity contribution is 5.87. The minimum atomic E-state index is -0.396. The molecule has 2 aliphatic heterocycles. The van der Waals surface area contributed by atoms with E-state index >= 15 is 0 Å². The van der Waals surface area contributed by atoms with Gasteiger partial charge in [0.15, 0.2) is 0 Å². The molecule has 2 saturated heterocycles. The summed E-state index contributed by atoms with van der Waals surface area (Å²) in [4.78, 5) is 23.0. The number of nitrogens with one attached hydrogen (secondary N) is 1. The lowest BCUT2D eigenvalue weighted by Gasteiger charge is -2.38. The number of allylic oxidation sites excluding steroid dienone is 3. The average Bonchev–Trinajstić information content (AvgIpc) is 3.46. The lowest BCUT2D eigenvalue weighted by molar-refractivity contribution is -0.143. The SMILES string of the molecule is CC(=O)O[C@@H](C)/C=C\C(=O)NC1CCC(C/C=C(C)/C=C/C2C[C@]3(CO3)CC(C)(C)O2)CC1. The van der Waals surface area contributed by atoms with Crippen molar-refractivity contribution in [1.29, 1.82) is 0 Å². The molecule has 0 radical (unpaired) electrons. The van der Waals surface area contributed by atoms with Gasteiger partial charge < -0.3 is 19.5 Å². The first-order chi connectivity index (χ1) is 15.5. The van der Waals surface area contributed by atoms with Crippen LogP contribution in [-0.4, -0.2) is 47.9 Å². The molecule has 0 bridgehead atoms. The van der Waals surface area contributed by atoms with Gasteiger partial charge in [-0.05, 0) is 71.8 Å². The molecule has 6 heteroatoms. The molecule has 1 N–H and O–H groups in total. The third-order valence-electron chi connectivity index (χ3n) is 6.75. The Morgan fingerprint density at radius 2 is 1.85 bits per heavy atom. The van der Waals surface area contributed by atoms with Gasteiger partial charge in [0.25, 0.3) is 0 Å². The second kappa shape index (κ2) is 11.0. The average molecular weight is 460 g/mol. The lowest BCUT2D eigenvalue weighted by Crippen LogP contribution is -2.43. The Morgan fingerprint density at radius 1 is 1.15 bits per heavy atom. The molecule has 1 saturated carbocycles. The van der Waals surface area contributed by atoms with Gasteiger partial charge in [0.1, 0.15) is 6.10 Å². The fraction of sp³-hybridized carbons (Fsp3) is 0.704. The molecule has 0 aromatic carbocycles. The maximum atomic E-state index is 12.1. The van der Waals surface area contributed by atoms with Crippen LogP contribution >= 0.6 is 0 Å². The smallest absolute Gasteiger partial charge is 0.303 e. The fourth-order valence-corrected chi connectivity index (χ4v) is 5.13. The molecule has 0 aromatic rings. The topological polar surface area (TPSA) is 77.2 Å². The predicted molar refractivity (Wildman–Crippen MR) is 129 cm³/mol. The minimum Gasteiger partial charge on any atom is -0.459 e. The van der Waals surface area contributed by atoms with E-state index in [1.807, 2.05) is 0 Å². The van der Waals surface area contributed by atoms with E-state index in [1.54, 1.807) is 13.0 Å². The Bertz CT molecular complexity index is 778. The van der Waals surface area contributed by atoms with Gasteiger partial charge >= 0.3 is 5.97 Å². The summed E-state index contributed by atoms with van der Waals surface area (Å²) in [6.45, 7) is 10.4. The normalized spacial score (nSPS) is 32.8. The zero-order chi connectivity index (χ0) is 24.1. The van der Waals surface area contributed by atoms with Crippen molar-refractivity contribution in [2.75, 3.05) is 6.61 Å². The summed E-state index contributed by atoms with van der Waals surface area (Å²) < 4.78 is 17.0. The second-order valence-electron chi connectivity index (χ2n) is 10.7. The summed E-state index contributed by atoms with van der Waals surface area (Å²) in [5, 5.41) is 3.07. The van der Waals surface area contributed by atoms with Crippen molar-refractivity contribution in [1.82, 2.24) is 5.32 Å². The number of ether oxygens (including phenoxy) is 3. The van der Waals surface area contributed by atoms with Crippen LogP contribution in [0.25, 0.3) is 0 Å². The summed E-state index contributed by atoms with van der Waals surface area (Å²) in [5.74, 6) is 0.192. The molecule has 1 aliphatic carbocycles. The Labute approximate surface area is 198 Å². The number of carbonyl (C=O) groups excluding carboxylic acids is 2. The zero-order valence-corrected chi connectivity index (χ0v) is 20.9. The third-order valence-corrected chi connectivity index (χ3v) is 6.75. The van der Waals surface area contributed by atoms with Crippen molar-refractivity contribution in [3.8, 4) is 0 Å². The number of epoxide rings is 1. The first-order valence-corrected chi connectivity index (χ1v) is 12.4. The van der Waals surface area contributed by atoms with Crippen LogP contribution in [-0.2, 0) is 23.8 Å². The standard InChI is InChI=1S/C27H41NO5/c1-19(7-14-24-16-27(18-31-27)17-26(4,5)33-24)6-9-22-10-12-23(13-11-22)28-25(30)15-8-20(2)32-21(3)29/h6-8,14-15,20,22-24H,9-13,16-18H2,1-5H3,(H,28,30)/b14-7+,15-8-,19-6+/t20-,22?,23?,24?,27+/m0/s1. The molecule has 1 amide bonds. The summed E-state index contributed by atoms with van der Waals surface area (Å²) in [6.07, 6.45) is 16.7. The molecular weight excluding hydrogens is 418 g/mol. The lowest BCUT2D eigenvalue weighted by atomic mass is 9.83. The van der Waals surface area contributed by atoms with Crippen molar-refractivity contribution in [3.63, 3.8) is 0 Å². The number of hydrogen-bond acceptors (Lipinski definition) is 5. The molecule has 33 heavy (non-hydrogen) atoms. The van der Waals surface area contributed by atoms with Gasteiger partial charge in [-0.1, -0.05) is 23.8 Å². The Hall–Kier alpha value is -1.92. The quantitative estimate of drug-likeness (QED) is 0.244. The Kier molecular flexibility index (Phi) is 8.57. The van der Waals surface area contributed by atoms with Crippen molar-refractivity contribution in [3.05, 3.63) is 36.0 Å². The Morgan fingerprint density at radius 3 is 2.48 bits per heavy atom. The molecule has 6 nitrogen and oxygen atoms in total. The molecule has 184 valence electrons. The van der Waals surface area contributed by atoms with Crippen LogP contribution in [0.3, 0.4) is 0 Å². The van der Waals surface area contributed by atoms with Crippen LogP contribution in [0.15, 0.2) is 36.0 Å². The predicted octanol–water partition coefficient (Wildman–Crippen LogP) is 4.79. The Balaban J connectivity index is 1.36. The van der Waals surface area contributed by atoms with Gasteiger partial charge in [0.05, 0.1) is 23.9 Å². The van der Waals surface area contributed by atoms with E-state index in [-0.39, 0.29) is 35.2 Å². The first kappa shape index (κ1) is 25.7. The van der Waals surface area contributed by atoms with E-state index in [9.17, 15) is 9.59 Å². The van der Waals surface area contributed by atoms with Crippen LogP contribution in [0.4, 0.5) is 0 Å². The minimum absolute atomic E-state index is 0.0544. The van der Waals surface area contributed by atoms with Gasteiger partial charge in [0, 0.05) is 31.9 Å². The number of carbonyl (C=O) groups is 2. The van der Waals surface area contributed by atoms with Crippen LogP contribution < -0.4 is 5.32 Å². The van der Waals surface area contributed by atoms with E-state index in [4.69, 9.17) is 14.2 Å². The zero-order valence-electron chi connectivity index (χ0n) is 20.9. The van der Waals surface area contributed by atoms with Crippen LogP contribution in [0.5, 0.6) is 0 Å². The summed E-state index contributed by atoms with van der Waals surface area (Å²) in [7, 11) is 0. The monoisotopic (exact) mass is 459 g/mol.